The van der Waals surface area contributed by atoms with E-state index in [1.165, 1.54) is 16.7 Å². The molecule has 4 rings (SSSR count). The molecule has 2 aromatic rings. The summed E-state index contributed by atoms with van der Waals surface area (Å²) in [6, 6.07) is 6.37. The van der Waals surface area contributed by atoms with Crippen molar-refractivity contribution in [2.24, 2.45) is 0 Å². The van der Waals surface area contributed by atoms with Crippen LogP contribution in [0.5, 0.6) is 11.5 Å². The summed E-state index contributed by atoms with van der Waals surface area (Å²) < 4.78 is 22.8. The second kappa shape index (κ2) is 10.1. The van der Waals surface area contributed by atoms with E-state index in [2.05, 4.69) is 38.3 Å². The third-order valence-electron chi connectivity index (χ3n) is 6.49. The Morgan fingerprint density at radius 1 is 0.879 bits per heavy atom. The van der Waals surface area contributed by atoms with E-state index < -0.39 is 11.9 Å². The molecule has 6 heteroatoms. The van der Waals surface area contributed by atoms with Crippen molar-refractivity contribution >= 4 is 22.7 Å². The van der Waals surface area contributed by atoms with Crippen LogP contribution < -0.4 is 9.47 Å². The molecule has 1 saturated carbocycles. The number of aryl methyl sites for hydroxylation is 1. The molecule has 0 saturated heterocycles. The van der Waals surface area contributed by atoms with Crippen LogP contribution >= 0.6 is 0 Å². The van der Waals surface area contributed by atoms with Crippen LogP contribution in [0.15, 0.2) is 43.5 Å². The van der Waals surface area contributed by atoms with E-state index in [-0.39, 0.29) is 26.4 Å². The van der Waals surface area contributed by atoms with Crippen LogP contribution in [-0.4, -0.2) is 38.4 Å². The molecule has 0 radical (unpaired) electrons. The summed E-state index contributed by atoms with van der Waals surface area (Å²) in [6.07, 6.45) is 6.57. The molecule has 2 unspecified atom stereocenters. The minimum Gasteiger partial charge on any atom is -0.489 e. The van der Waals surface area contributed by atoms with E-state index >= 15 is 0 Å². The monoisotopic (exact) mass is 450 g/mol. The van der Waals surface area contributed by atoms with Gasteiger partial charge in [0, 0.05) is 34.1 Å². The highest BCUT2D eigenvalue weighted by Gasteiger charge is 2.42. The molecule has 2 aliphatic rings. The van der Waals surface area contributed by atoms with Crippen molar-refractivity contribution in [1.82, 2.24) is 0 Å². The second-order valence-electron chi connectivity index (χ2n) is 8.37. The lowest BCUT2D eigenvalue weighted by Gasteiger charge is -2.25. The molecule has 6 nitrogen and oxygen atoms in total. The fraction of sp³-hybridized carbons (Fsp3) is 0.407. The fourth-order valence-electron chi connectivity index (χ4n) is 5.05. The number of hydrogen-bond donors (Lipinski definition) is 0. The first-order chi connectivity index (χ1) is 16.1. The molecule has 2 bridgehead atoms. The molecular weight excluding hydrogens is 420 g/mol. The molecule has 33 heavy (non-hydrogen) atoms. The Morgan fingerprint density at radius 2 is 1.42 bits per heavy atom. The van der Waals surface area contributed by atoms with Crippen LogP contribution in [0.3, 0.4) is 0 Å². The zero-order valence-corrected chi connectivity index (χ0v) is 19.1. The second-order valence-corrected chi connectivity index (χ2v) is 8.37. The molecule has 0 amide bonds. The maximum Gasteiger partial charge on any atom is 0.330 e. The van der Waals surface area contributed by atoms with Gasteiger partial charge in [-0.2, -0.15) is 0 Å². The van der Waals surface area contributed by atoms with E-state index in [1.807, 2.05) is 0 Å². The van der Waals surface area contributed by atoms with Gasteiger partial charge in [0.15, 0.2) is 0 Å². The zero-order valence-electron chi connectivity index (χ0n) is 19.1. The fourth-order valence-corrected chi connectivity index (χ4v) is 5.05. The third-order valence-corrected chi connectivity index (χ3v) is 6.49. The van der Waals surface area contributed by atoms with Crippen molar-refractivity contribution in [2.75, 3.05) is 26.4 Å². The van der Waals surface area contributed by atoms with Gasteiger partial charge in [-0.15, -0.1) is 0 Å². The van der Waals surface area contributed by atoms with Gasteiger partial charge in [0.05, 0.1) is 0 Å². The average molecular weight is 451 g/mol. The first-order valence-corrected chi connectivity index (χ1v) is 11.5. The van der Waals surface area contributed by atoms with Crippen molar-refractivity contribution in [3.8, 4) is 11.5 Å². The number of esters is 2. The van der Waals surface area contributed by atoms with Crippen LogP contribution in [0.4, 0.5) is 0 Å². The Balaban J connectivity index is 1.70. The van der Waals surface area contributed by atoms with Crippen LogP contribution in [-0.2, 0) is 25.5 Å². The summed E-state index contributed by atoms with van der Waals surface area (Å²) in [5.41, 5.74) is 3.65. The largest absolute Gasteiger partial charge is 0.489 e. The van der Waals surface area contributed by atoms with Gasteiger partial charge in [0.1, 0.15) is 37.9 Å². The highest BCUT2D eigenvalue weighted by Crippen LogP contribution is 2.61. The predicted octanol–water partition coefficient (Wildman–Crippen LogP) is 4.98. The number of ether oxygens (including phenoxy) is 4. The van der Waals surface area contributed by atoms with Crippen LogP contribution in [0.25, 0.3) is 10.8 Å². The van der Waals surface area contributed by atoms with Crippen LogP contribution in [0.2, 0.25) is 0 Å². The Kier molecular flexibility index (Phi) is 7.02. The number of carbonyl (C=O) groups excluding carboxylic acids is 2. The van der Waals surface area contributed by atoms with E-state index in [0.29, 0.717) is 11.8 Å². The van der Waals surface area contributed by atoms with Gasteiger partial charge < -0.3 is 18.9 Å². The van der Waals surface area contributed by atoms with E-state index in [9.17, 15) is 9.59 Å². The minimum atomic E-state index is -0.457. The average Bonchev–Trinajstić information content (AvgIpc) is 3.46. The van der Waals surface area contributed by atoms with E-state index in [0.717, 1.165) is 60.1 Å². The highest BCUT2D eigenvalue weighted by molar-refractivity contribution is 5.97. The number of hydrogen-bond acceptors (Lipinski definition) is 6. The normalized spacial score (nSPS) is 18.0. The van der Waals surface area contributed by atoms with Gasteiger partial charge in [-0.3, -0.25) is 0 Å². The van der Waals surface area contributed by atoms with Crippen LogP contribution in [0, 0.1) is 0 Å². The number of benzene rings is 2. The van der Waals surface area contributed by atoms with Gasteiger partial charge >= 0.3 is 11.9 Å². The Hall–Kier alpha value is -3.28. The van der Waals surface area contributed by atoms with Gasteiger partial charge in [-0.1, -0.05) is 32.2 Å². The molecule has 0 N–H and O–H groups in total. The lowest BCUT2D eigenvalue weighted by atomic mass is 9.86. The molecule has 2 aliphatic carbocycles. The summed E-state index contributed by atoms with van der Waals surface area (Å²) in [6.45, 7) is 9.83. The molecule has 0 aromatic heterocycles. The first kappa shape index (κ1) is 22.9. The zero-order chi connectivity index (χ0) is 23.4. The third kappa shape index (κ3) is 4.61. The standard InChI is InChI=1S/C27H30O6/c1-4-17-7-10-20-21(15-17)27(33-14-12-31-23(29)6-3)25-19-9-8-18(16-19)24(25)26(20)32-13-11-30-22(28)5-2/h5-7,10,15,18-19H,2-4,8-9,11-14,16H2,1H3. The number of carbonyl (C=O) groups is 2. The van der Waals surface area contributed by atoms with Crippen molar-refractivity contribution in [3.05, 3.63) is 60.2 Å². The van der Waals surface area contributed by atoms with Crippen molar-refractivity contribution in [3.63, 3.8) is 0 Å². The summed E-state index contributed by atoms with van der Waals surface area (Å²) >= 11 is 0. The van der Waals surface area contributed by atoms with E-state index in [4.69, 9.17) is 18.9 Å². The number of rotatable bonds is 11. The van der Waals surface area contributed by atoms with Gasteiger partial charge in [-0.25, -0.2) is 9.59 Å². The van der Waals surface area contributed by atoms with E-state index in [1.54, 1.807) is 0 Å². The molecular formula is C27H30O6. The van der Waals surface area contributed by atoms with Gasteiger partial charge in [0.25, 0.3) is 0 Å². The van der Waals surface area contributed by atoms with Gasteiger partial charge in [0.2, 0.25) is 0 Å². The molecule has 2 aromatic carbocycles. The molecule has 0 aliphatic heterocycles. The highest BCUT2D eigenvalue weighted by atomic mass is 16.6. The quantitative estimate of drug-likeness (QED) is 0.273. The Morgan fingerprint density at radius 3 is 1.94 bits per heavy atom. The molecule has 174 valence electrons. The predicted molar refractivity (Wildman–Crippen MR) is 126 cm³/mol. The van der Waals surface area contributed by atoms with Crippen molar-refractivity contribution in [1.29, 1.82) is 0 Å². The molecule has 0 spiro atoms. The van der Waals surface area contributed by atoms with Crippen molar-refractivity contribution in [2.45, 2.75) is 44.4 Å². The van der Waals surface area contributed by atoms with Crippen LogP contribution in [0.1, 0.15) is 54.7 Å². The summed E-state index contributed by atoms with van der Waals surface area (Å²) in [5.74, 6) is 1.71. The van der Waals surface area contributed by atoms with Crippen molar-refractivity contribution < 1.29 is 28.5 Å². The summed E-state index contributed by atoms with van der Waals surface area (Å²) in [7, 11) is 0. The lowest BCUT2D eigenvalue weighted by Crippen LogP contribution is -2.14. The number of fused-ring (bicyclic) bond motifs is 6. The first-order valence-electron chi connectivity index (χ1n) is 11.5. The Labute approximate surface area is 194 Å². The minimum absolute atomic E-state index is 0.162. The maximum absolute atomic E-state index is 11.4. The topological polar surface area (TPSA) is 71.1 Å². The maximum atomic E-state index is 11.4. The molecule has 2 atom stereocenters. The summed E-state index contributed by atoms with van der Waals surface area (Å²) in [5, 5.41) is 2.00. The molecule has 1 fully saturated rings. The Bertz CT molecular complexity index is 1090. The lowest BCUT2D eigenvalue weighted by molar-refractivity contribution is -0.139. The van der Waals surface area contributed by atoms with Gasteiger partial charge in [-0.05, 0) is 49.1 Å². The SMILES string of the molecule is C=CC(=O)OCCOc1c2c(c(OCCOC(=O)C=C)c3cc(CC)ccc13)C1CCC2C1. The summed E-state index contributed by atoms with van der Waals surface area (Å²) in [4.78, 5) is 22.8. The smallest absolute Gasteiger partial charge is 0.330 e. The molecule has 0 heterocycles.